The van der Waals surface area contributed by atoms with E-state index in [9.17, 15) is 4.79 Å². The van der Waals surface area contributed by atoms with Gasteiger partial charge in [-0.3, -0.25) is 9.69 Å². The van der Waals surface area contributed by atoms with Gasteiger partial charge in [0.15, 0.2) is 5.13 Å². The summed E-state index contributed by atoms with van der Waals surface area (Å²) in [6.07, 6.45) is 3.68. The molecule has 0 bridgehead atoms. The number of amides is 1. The van der Waals surface area contributed by atoms with Crippen LogP contribution in [0.25, 0.3) is 5.70 Å². The number of morpholine rings is 1. The minimum atomic E-state index is -0.0631. The molecule has 3 rings (SSSR count). The van der Waals surface area contributed by atoms with Crippen LogP contribution in [0.4, 0.5) is 10.8 Å². The number of benzene rings is 1. The quantitative estimate of drug-likeness (QED) is 0.457. The molecule has 4 N–H and O–H groups in total. The maximum Gasteiger partial charge on any atom is 0.227 e. The smallest absolute Gasteiger partial charge is 0.227 e. The van der Waals surface area contributed by atoms with E-state index < -0.39 is 0 Å². The molecule has 176 valence electrons. The van der Waals surface area contributed by atoms with Crippen LogP contribution in [0.15, 0.2) is 47.7 Å². The van der Waals surface area contributed by atoms with Gasteiger partial charge in [-0.1, -0.05) is 17.9 Å². The van der Waals surface area contributed by atoms with E-state index >= 15 is 0 Å². The number of aryl methyl sites for hydroxylation is 1. The Morgan fingerprint density at radius 3 is 2.76 bits per heavy atom. The predicted molar refractivity (Wildman–Crippen MR) is 134 cm³/mol. The Morgan fingerprint density at radius 1 is 1.33 bits per heavy atom. The number of anilines is 2. The van der Waals surface area contributed by atoms with E-state index in [1.807, 2.05) is 31.2 Å². The molecule has 33 heavy (non-hydrogen) atoms. The van der Waals surface area contributed by atoms with E-state index in [1.54, 1.807) is 19.4 Å². The maximum atomic E-state index is 12.3. The highest BCUT2D eigenvalue weighted by Gasteiger charge is 2.14. The van der Waals surface area contributed by atoms with Crippen LogP contribution >= 0.6 is 11.3 Å². The molecule has 0 aliphatic carbocycles. The van der Waals surface area contributed by atoms with E-state index in [4.69, 9.17) is 15.2 Å². The van der Waals surface area contributed by atoms with Crippen molar-refractivity contribution in [2.45, 2.75) is 13.3 Å². The second-order valence-corrected chi connectivity index (χ2v) is 8.39. The second kappa shape index (κ2) is 12.1. The van der Waals surface area contributed by atoms with Gasteiger partial charge in [0.2, 0.25) is 5.91 Å². The van der Waals surface area contributed by atoms with Crippen molar-refractivity contribution in [2.75, 3.05) is 50.6 Å². The molecule has 1 aromatic heterocycles. The summed E-state index contributed by atoms with van der Waals surface area (Å²) in [6.45, 7) is 9.61. The zero-order valence-corrected chi connectivity index (χ0v) is 19.8. The van der Waals surface area contributed by atoms with E-state index in [1.165, 1.54) is 11.3 Å². The van der Waals surface area contributed by atoms with Crippen molar-refractivity contribution in [3.05, 3.63) is 53.3 Å². The highest BCUT2D eigenvalue weighted by Crippen LogP contribution is 2.26. The number of thiazole rings is 1. The number of allylic oxidation sites excluding steroid dienone is 1. The number of hydrogen-bond donors (Lipinski definition) is 3. The summed E-state index contributed by atoms with van der Waals surface area (Å²) >= 11 is 1.34. The van der Waals surface area contributed by atoms with E-state index in [-0.39, 0.29) is 5.91 Å². The van der Waals surface area contributed by atoms with E-state index in [0.29, 0.717) is 29.6 Å². The number of methoxy groups -OCH3 is 1. The summed E-state index contributed by atoms with van der Waals surface area (Å²) in [5.74, 6) is 1.18. The molecule has 1 fully saturated rings. The standard InChI is InChI=1S/C23H30N6O3S/c1-16-22(33-23(26-16)28-21(30)9-11-29-12-14-32-15-13-29)20(24)8-10-25-17(2)27-18-4-6-19(31-3)7-5-18/h4-8,10,27H,2,9,11-15,24H2,1,3H3,(H,26,28,30)/b20-8-,25-10-. The summed E-state index contributed by atoms with van der Waals surface area (Å²) in [7, 11) is 1.62. The first-order valence-electron chi connectivity index (χ1n) is 10.6. The first-order chi connectivity index (χ1) is 15.9. The summed E-state index contributed by atoms with van der Waals surface area (Å²) in [5, 5.41) is 6.50. The number of carbonyl (C=O) groups excluding carboxylic acids is 1. The zero-order valence-electron chi connectivity index (χ0n) is 19.0. The van der Waals surface area contributed by atoms with Crippen molar-refractivity contribution in [1.29, 1.82) is 0 Å². The topological polar surface area (TPSA) is 114 Å². The summed E-state index contributed by atoms with van der Waals surface area (Å²) in [4.78, 5) is 24.0. The lowest BCUT2D eigenvalue weighted by Crippen LogP contribution is -2.38. The lowest BCUT2D eigenvalue weighted by Gasteiger charge is -2.26. The van der Waals surface area contributed by atoms with Crippen LogP contribution in [0.5, 0.6) is 5.75 Å². The number of aromatic nitrogens is 1. The Balaban J connectivity index is 1.50. The maximum absolute atomic E-state index is 12.3. The van der Waals surface area contributed by atoms with Crippen LogP contribution in [0, 0.1) is 6.92 Å². The Hall–Kier alpha value is -3.21. The van der Waals surface area contributed by atoms with Gasteiger partial charge in [0.25, 0.3) is 0 Å². The molecule has 10 heteroatoms. The molecular weight excluding hydrogens is 440 g/mol. The molecule has 1 aliphatic heterocycles. The molecule has 1 aromatic carbocycles. The first kappa shape index (κ1) is 24.4. The SMILES string of the molecule is C=C(/N=C\C=C(/N)c1sc(NC(=O)CCN2CCOCC2)nc1C)Nc1ccc(OC)cc1. The van der Waals surface area contributed by atoms with Crippen molar-refractivity contribution in [3.8, 4) is 5.75 Å². The Morgan fingerprint density at radius 2 is 2.06 bits per heavy atom. The van der Waals surface area contributed by atoms with Gasteiger partial charge in [0.1, 0.15) is 11.6 Å². The average molecular weight is 471 g/mol. The molecule has 0 unspecified atom stereocenters. The van der Waals surface area contributed by atoms with E-state index in [2.05, 4.69) is 32.1 Å². The number of hydrogen-bond acceptors (Lipinski definition) is 9. The highest BCUT2D eigenvalue weighted by atomic mass is 32.1. The molecule has 0 saturated carbocycles. The van der Waals surface area contributed by atoms with Gasteiger partial charge in [-0.25, -0.2) is 9.98 Å². The molecule has 1 aliphatic rings. The molecule has 0 spiro atoms. The fourth-order valence-electron chi connectivity index (χ4n) is 3.14. The minimum Gasteiger partial charge on any atom is -0.497 e. The van der Waals surface area contributed by atoms with Gasteiger partial charge in [0, 0.05) is 38.0 Å². The first-order valence-corrected chi connectivity index (χ1v) is 11.4. The van der Waals surface area contributed by atoms with Gasteiger partial charge in [-0.2, -0.15) is 0 Å². The number of nitrogens with one attached hydrogen (secondary N) is 2. The highest BCUT2D eigenvalue weighted by molar-refractivity contribution is 7.16. The van der Waals surface area contributed by atoms with Crippen molar-refractivity contribution < 1.29 is 14.3 Å². The zero-order chi connectivity index (χ0) is 23.6. The van der Waals surface area contributed by atoms with Crippen molar-refractivity contribution in [2.24, 2.45) is 10.7 Å². The fourth-order valence-corrected chi connectivity index (χ4v) is 4.06. The predicted octanol–water partition coefficient (Wildman–Crippen LogP) is 3.07. The van der Waals surface area contributed by atoms with Crippen LogP contribution in [0.3, 0.4) is 0 Å². The van der Waals surface area contributed by atoms with Crippen LogP contribution in [0.1, 0.15) is 17.0 Å². The molecule has 1 amide bonds. The molecule has 9 nitrogen and oxygen atoms in total. The molecule has 0 atom stereocenters. The third kappa shape index (κ3) is 7.70. The number of rotatable bonds is 10. The Labute approximate surface area is 198 Å². The number of nitrogens with two attached hydrogens (primary N) is 1. The average Bonchev–Trinajstić information content (AvgIpc) is 3.18. The summed E-state index contributed by atoms with van der Waals surface area (Å²) < 4.78 is 10.5. The van der Waals surface area contributed by atoms with Crippen LogP contribution < -0.4 is 21.1 Å². The van der Waals surface area contributed by atoms with Crippen LogP contribution in [-0.2, 0) is 9.53 Å². The fraction of sp³-hybridized carbons (Fsp3) is 0.348. The third-order valence-electron chi connectivity index (χ3n) is 4.93. The van der Waals surface area contributed by atoms with Crippen LogP contribution in [-0.4, -0.2) is 62.0 Å². The van der Waals surface area contributed by atoms with Crippen LogP contribution in [0.2, 0.25) is 0 Å². The Kier molecular flexibility index (Phi) is 8.99. The lowest BCUT2D eigenvalue weighted by atomic mass is 10.3. The largest absolute Gasteiger partial charge is 0.497 e. The van der Waals surface area contributed by atoms with Gasteiger partial charge in [0.05, 0.1) is 36.6 Å². The van der Waals surface area contributed by atoms with Crippen molar-refractivity contribution in [3.63, 3.8) is 0 Å². The van der Waals surface area contributed by atoms with Gasteiger partial charge in [-0.05, 0) is 37.3 Å². The van der Waals surface area contributed by atoms with E-state index in [0.717, 1.165) is 48.3 Å². The number of nitrogens with zero attached hydrogens (tertiary/aromatic N) is 3. The van der Waals surface area contributed by atoms with Crippen molar-refractivity contribution in [1.82, 2.24) is 9.88 Å². The Bertz CT molecular complexity index is 1010. The van der Waals surface area contributed by atoms with Gasteiger partial charge < -0.3 is 25.8 Å². The van der Waals surface area contributed by atoms with Crippen molar-refractivity contribution >= 4 is 40.0 Å². The molecule has 1 saturated heterocycles. The lowest BCUT2D eigenvalue weighted by molar-refractivity contribution is -0.116. The minimum absolute atomic E-state index is 0.0631. The summed E-state index contributed by atoms with van der Waals surface area (Å²) in [5.41, 5.74) is 8.33. The van der Waals surface area contributed by atoms with Gasteiger partial charge >= 0.3 is 0 Å². The molecular formula is C23H30N6O3S. The summed E-state index contributed by atoms with van der Waals surface area (Å²) in [6, 6.07) is 7.45. The van der Waals surface area contributed by atoms with Gasteiger partial charge in [-0.15, -0.1) is 0 Å². The number of ether oxygens (including phenoxy) is 2. The second-order valence-electron chi connectivity index (χ2n) is 7.39. The number of carbonyl (C=O) groups is 1. The monoisotopic (exact) mass is 470 g/mol. The normalized spacial score (nSPS) is 14.9. The molecule has 0 radical (unpaired) electrons. The number of aliphatic imine (C=N–C) groups is 1. The molecule has 2 heterocycles. The molecule has 2 aromatic rings. The third-order valence-corrected chi connectivity index (χ3v) is 6.05.